The van der Waals surface area contributed by atoms with E-state index in [1.165, 1.54) is 0 Å². The number of anilines is 1. The van der Waals surface area contributed by atoms with Gasteiger partial charge >= 0.3 is 6.18 Å². The van der Waals surface area contributed by atoms with Crippen LogP contribution in [0.1, 0.15) is 31.8 Å². The van der Waals surface area contributed by atoms with Crippen LogP contribution in [0.25, 0.3) is 11.3 Å². The number of aromatic nitrogens is 2. The van der Waals surface area contributed by atoms with Gasteiger partial charge in [-0.1, -0.05) is 42.5 Å². The van der Waals surface area contributed by atoms with Crippen LogP contribution < -0.4 is 16.8 Å². The molecule has 3 rings (SSSR count). The zero-order chi connectivity index (χ0) is 22.8. The van der Waals surface area contributed by atoms with Crippen molar-refractivity contribution in [2.45, 2.75) is 26.2 Å². The van der Waals surface area contributed by atoms with Gasteiger partial charge in [-0.05, 0) is 24.1 Å². The number of nitrogen functional groups attached to an aromatic ring is 1. The molecular weight excluding hydrogens is 411 g/mol. The van der Waals surface area contributed by atoms with Gasteiger partial charge in [0, 0.05) is 17.7 Å². The largest absolute Gasteiger partial charge is 0.408 e. The Kier molecular flexibility index (Phi) is 6.00. The quantitative estimate of drug-likeness (QED) is 0.556. The first-order valence-electron chi connectivity index (χ1n) is 9.23. The van der Waals surface area contributed by atoms with Crippen LogP contribution in [-0.2, 0) is 13.1 Å². The van der Waals surface area contributed by atoms with Crippen LogP contribution in [0.3, 0.4) is 0 Å². The summed E-state index contributed by atoms with van der Waals surface area (Å²) >= 11 is 0. The van der Waals surface area contributed by atoms with Gasteiger partial charge in [-0.2, -0.15) is 18.3 Å². The molecule has 0 aliphatic carbocycles. The molecule has 2 amide bonds. The monoisotopic (exact) mass is 431 g/mol. The molecule has 0 aliphatic rings. The van der Waals surface area contributed by atoms with Crippen molar-refractivity contribution in [3.8, 4) is 11.3 Å². The van der Waals surface area contributed by atoms with E-state index in [0.717, 1.165) is 11.1 Å². The van der Waals surface area contributed by atoms with Crippen molar-refractivity contribution in [2.75, 3.05) is 5.73 Å². The predicted molar refractivity (Wildman–Crippen MR) is 109 cm³/mol. The summed E-state index contributed by atoms with van der Waals surface area (Å²) in [5.41, 5.74) is 13.2. The second-order valence-electron chi connectivity index (χ2n) is 6.94. The zero-order valence-corrected chi connectivity index (χ0v) is 16.5. The number of rotatable bonds is 6. The van der Waals surface area contributed by atoms with Crippen LogP contribution in [0.4, 0.5) is 19.0 Å². The van der Waals surface area contributed by atoms with Crippen LogP contribution in [0.5, 0.6) is 0 Å². The molecule has 0 unspecified atom stereocenters. The standard InChI is InChI=1S/C21H20F3N5O2/c1-12-4-2-3-5-15(12)20(31)27-10-13-6-8-14(9-7-13)17-16(19(26)30)18(25)29(28-17)11-21(22,23)24/h2-9H,10-11,25H2,1H3,(H2,26,30)(H,27,31). The summed E-state index contributed by atoms with van der Waals surface area (Å²) in [6.07, 6.45) is -4.56. The van der Waals surface area contributed by atoms with Crippen molar-refractivity contribution in [1.29, 1.82) is 0 Å². The Bertz CT molecular complexity index is 1120. The number of benzene rings is 2. The minimum Gasteiger partial charge on any atom is -0.383 e. The summed E-state index contributed by atoms with van der Waals surface area (Å²) in [7, 11) is 0. The van der Waals surface area contributed by atoms with Crippen LogP contribution in [-0.4, -0.2) is 27.8 Å². The average molecular weight is 431 g/mol. The van der Waals surface area contributed by atoms with Gasteiger partial charge in [0.05, 0.1) is 0 Å². The van der Waals surface area contributed by atoms with E-state index in [2.05, 4.69) is 10.4 Å². The number of primary amides is 1. The lowest BCUT2D eigenvalue weighted by Gasteiger charge is -2.08. The van der Waals surface area contributed by atoms with Crippen molar-refractivity contribution in [3.05, 3.63) is 70.8 Å². The number of carbonyl (C=O) groups is 2. The van der Waals surface area contributed by atoms with Gasteiger partial charge in [0.15, 0.2) is 0 Å². The van der Waals surface area contributed by atoms with Crippen molar-refractivity contribution in [1.82, 2.24) is 15.1 Å². The molecule has 2 aromatic carbocycles. The number of alkyl halides is 3. The van der Waals surface area contributed by atoms with Crippen molar-refractivity contribution >= 4 is 17.6 Å². The van der Waals surface area contributed by atoms with Gasteiger partial charge in [-0.25, -0.2) is 4.68 Å². The number of halogens is 3. The Labute approximate surface area is 175 Å². The van der Waals surface area contributed by atoms with Gasteiger partial charge < -0.3 is 16.8 Å². The summed E-state index contributed by atoms with van der Waals surface area (Å²) in [6, 6.07) is 13.6. The third-order valence-corrected chi connectivity index (χ3v) is 4.64. The number of hydrogen-bond donors (Lipinski definition) is 3. The topological polar surface area (TPSA) is 116 Å². The summed E-state index contributed by atoms with van der Waals surface area (Å²) in [5, 5.41) is 6.65. The van der Waals surface area contributed by atoms with Gasteiger partial charge in [0.25, 0.3) is 11.8 Å². The Balaban J connectivity index is 1.80. The van der Waals surface area contributed by atoms with E-state index in [0.29, 0.717) is 15.8 Å². The number of nitrogens with zero attached hydrogens (tertiary/aromatic N) is 2. The number of nitrogens with one attached hydrogen (secondary N) is 1. The molecule has 0 bridgehead atoms. The molecule has 1 heterocycles. The van der Waals surface area contributed by atoms with E-state index in [-0.39, 0.29) is 23.7 Å². The third-order valence-electron chi connectivity index (χ3n) is 4.64. The molecule has 5 N–H and O–H groups in total. The average Bonchev–Trinajstić information content (AvgIpc) is 3.01. The van der Waals surface area contributed by atoms with Gasteiger partial charge in [0.2, 0.25) is 0 Å². The first-order valence-corrected chi connectivity index (χ1v) is 9.23. The van der Waals surface area contributed by atoms with E-state index in [1.807, 2.05) is 19.1 Å². The Morgan fingerprint density at radius 3 is 2.32 bits per heavy atom. The van der Waals surface area contributed by atoms with Crippen LogP contribution in [0, 0.1) is 6.92 Å². The van der Waals surface area contributed by atoms with E-state index in [1.54, 1.807) is 36.4 Å². The van der Waals surface area contributed by atoms with E-state index < -0.39 is 24.4 Å². The van der Waals surface area contributed by atoms with E-state index in [9.17, 15) is 22.8 Å². The highest BCUT2D eigenvalue weighted by Crippen LogP contribution is 2.29. The fourth-order valence-corrected chi connectivity index (χ4v) is 3.10. The van der Waals surface area contributed by atoms with Crippen LogP contribution in [0.15, 0.2) is 48.5 Å². The minimum atomic E-state index is -4.56. The van der Waals surface area contributed by atoms with E-state index in [4.69, 9.17) is 11.5 Å². The highest BCUT2D eigenvalue weighted by molar-refractivity contribution is 6.03. The fraction of sp³-hybridized carbons (Fsp3) is 0.190. The second-order valence-corrected chi connectivity index (χ2v) is 6.94. The van der Waals surface area contributed by atoms with Crippen molar-refractivity contribution in [2.24, 2.45) is 5.73 Å². The first-order chi connectivity index (χ1) is 14.6. The van der Waals surface area contributed by atoms with Crippen molar-refractivity contribution in [3.63, 3.8) is 0 Å². The van der Waals surface area contributed by atoms with Crippen LogP contribution >= 0.6 is 0 Å². The molecule has 0 fully saturated rings. The van der Waals surface area contributed by atoms with Gasteiger partial charge in [0.1, 0.15) is 23.6 Å². The van der Waals surface area contributed by atoms with Crippen LogP contribution in [0.2, 0.25) is 0 Å². The Morgan fingerprint density at radius 2 is 1.74 bits per heavy atom. The summed E-state index contributed by atoms with van der Waals surface area (Å²) in [6.45, 7) is 0.632. The van der Waals surface area contributed by atoms with Crippen molar-refractivity contribution < 1.29 is 22.8 Å². The Morgan fingerprint density at radius 1 is 1.10 bits per heavy atom. The lowest BCUT2D eigenvalue weighted by atomic mass is 10.0. The Hall–Kier alpha value is -3.82. The number of carbonyl (C=O) groups excluding carboxylic acids is 2. The normalized spacial score (nSPS) is 11.4. The molecule has 1 aromatic heterocycles. The SMILES string of the molecule is Cc1ccccc1C(=O)NCc1ccc(-c2nn(CC(F)(F)F)c(N)c2C(N)=O)cc1. The number of amides is 2. The maximum Gasteiger partial charge on any atom is 0.408 e. The highest BCUT2D eigenvalue weighted by atomic mass is 19.4. The molecule has 162 valence electrons. The minimum absolute atomic E-state index is 0.0373. The lowest BCUT2D eigenvalue weighted by Crippen LogP contribution is -2.23. The molecule has 7 nitrogen and oxygen atoms in total. The predicted octanol–water partition coefficient (Wildman–Crippen LogP) is 3.03. The summed E-state index contributed by atoms with van der Waals surface area (Å²) in [5.74, 6) is -1.65. The van der Waals surface area contributed by atoms with E-state index >= 15 is 0 Å². The molecule has 0 saturated carbocycles. The summed E-state index contributed by atoms with van der Waals surface area (Å²) < 4.78 is 38.8. The summed E-state index contributed by atoms with van der Waals surface area (Å²) in [4.78, 5) is 24.1. The molecule has 0 aliphatic heterocycles. The smallest absolute Gasteiger partial charge is 0.383 e. The molecule has 31 heavy (non-hydrogen) atoms. The van der Waals surface area contributed by atoms with Gasteiger partial charge in [-0.3, -0.25) is 9.59 Å². The number of aryl methyl sites for hydroxylation is 1. The third kappa shape index (κ3) is 5.03. The highest BCUT2D eigenvalue weighted by Gasteiger charge is 2.32. The molecule has 0 saturated heterocycles. The lowest BCUT2D eigenvalue weighted by molar-refractivity contribution is -0.142. The maximum atomic E-state index is 12.7. The van der Waals surface area contributed by atoms with Gasteiger partial charge in [-0.15, -0.1) is 0 Å². The number of nitrogens with two attached hydrogens (primary N) is 2. The number of hydrogen-bond acceptors (Lipinski definition) is 4. The fourth-order valence-electron chi connectivity index (χ4n) is 3.10. The molecule has 10 heteroatoms. The molecule has 0 radical (unpaired) electrons. The first kappa shape index (κ1) is 21.9. The second kappa shape index (κ2) is 8.50. The zero-order valence-electron chi connectivity index (χ0n) is 16.5. The maximum absolute atomic E-state index is 12.7. The molecular formula is C21H20F3N5O2. The molecule has 0 atom stereocenters. The molecule has 3 aromatic rings. The molecule has 0 spiro atoms.